The summed E-state index contributed by atoms with van der Waals surface area (Å²) < 4.78 is 8.68. The fraction of sp³-hybridized carbons (Fsp3) is 0.571. The van der Waals surface area contributed by atoms with E-state index in [1.807, 2.05) is 24.3 Å². The molecule has 2 aliphatic heterocycles. The maximum atomic E-state index is 15.2. The number of carbonyl (C=O) groups excluding carboxylic acids is 5. The van der Waals surface area contributed by atoms with Crippen molar-refractivity contribution in [3.05, 3.63) is 47.9 Å². The molecule has 3 fully saturated rings. The minimum atomic E-state index is -1.59. The maximum absolute atomic E-state index is 15.2. The molecule has 1 saturated carbocycles. The summed E-state index contributed by atoms with van der Waals surface area (Å²) >= 11 is 0. The first-order valence-corrected chi connectivity index (χ1v) is 17.4. The molecule has 3 atom stereocenters. The van der Waals surface area contributed by atoms with Gasteiger partial charge in [-0.3, -0.25) is 24.0 Å². The molecule has 268 valence electrons. The van der Waals surface area contributed by atoms with Crippen LogP contribution in [-0.2, 0) is 29.5 Å². The molecule has 0 bridgehead atoms. The molecule has 0 spiro atoms. The number of rotatable bonds is 11. The first-order valence-electron chi connectivity index (χ1n) is 17.4. The highest BCUT2D eigenvalue weighted by atomic mass is 16.5. The van der Waals surface area contributed by atoms with Gasteiger partial charge in [-0.15, -0.1) is 5.10 Å². The molecule has 0 radical (unpaired) electrons. The van der Waals surface area contributed by atoms with Gasteiger partial charge >= 0.3 is 0 Å². The van der Waals surface area contributed by atoms with Crippen LogP contribution in [0.5, 0.6) is 0 Å². The quantitative estimate of drug-likeness (QED) is 0.215. The fourth-order valence-corrected chi connectivity index (χ4v) is 8.07. The number of likely N-dealkylation sites (tertiary alicyclic amines) is 1. The second-order valence-corrected chi connectivity index (χ2v) is 14.5. The summed E-state index contributed by atoms with van der Waals surface area (Å²) in [4.78, 5) is 69.3. The Hall–Kier alpha value is -4.63. The summed E-state index contributed by atoms with van der Waals surface area (Å²) in [7, 11) is 0. The van der Waals surface area contributed by atoms with Crippen LogP contribution in [0.4, 0.5) is 0 Å². The second kappa shape index (κ2) is 13.9. The van der Waals surface area contributed by atoms with E-state index in [0.29, 0.717) is 17.6 Å². The molecule has 2 aromatic heterocycles. The summed E-state index contributed by atoms with van der Waals surface area (Å²) in [5.74, 6) is -3.61. The lowest BCUT2D eigenvalue weighted by Crippen LogP contribution is -2.63. The van der Waals surface area contributed by atoms with Gasteiger partial charge in [-0.1, -0.05) is 55.5 Å². The van der Waals surface area contributed by atoms with E-state index < -0.39 is 58.7 Å². The van der Waals surface area contributed by atoms with E-state index in [9.17, 15) is 24.3 Å². The van der Waals surface area contributed by atoms with Crippen molar-refractivity contribution < 1.29 is 33.8 Å². The van der Waals surface area contributed by atoms with Crippen molar-refractivity contribution in [2.24, 2.45) is 17.4 Å². The average Bonchev–Trinajstić information content (AvgIpc) is 3.85. The summed E-state index contributed by atoms with van der Waals surface area (Å²) in [6, 6.07) is 6.49. The van der Waals surface area contributed by atoms with Crippen LogP contribution >= 0.6 is 0 Å². The van der Waals surface area contributed by atoms with Crippen molar-refractivity contribution >= 4 is 40.3 Å². The number of para-hydroxylation sites is 1. The lowest BCUT2D eigenvalue weighted by Gasteiger charge is -2.38. The molecule has 3 aromatic rings. The highest BCUT2D eigenvalue weighted by molar-refractivity contribution is 6.39. The number of benzene rings is 1. The van der Waals surface area contributed by atoms with Gasteiger partial charge in [0.15, 0.2) is 0 Å². The van der Waals surface area contributed by atoms with E-state index in [-0.39, 0.29) is 50.6 Å². The number of amides is 4. The van der Waals surface area contributed by atoms with E-state index in [1.54, 1.807) is 24.5 Å². The maximum Gasteiger partial charge on any atom is 0.287 e. The number of primary amides is 2. The molecule has 2 saturated heterocycles. The molecular weight excluding hydrogens is 644 g/mol. The number of aliphatic hydroxyl groups is 1. The van der Waals surface area contributed by atoms with Crippen LogP contribution in [0.2, 0.25) is 0 Å². The van der Waals surface area contributed by atoms with Crippen LogP contribution in [0.15, 0.2) is 36.5 Å². The number of aromatic nitrogens is 4. The number of hydrogen-bond acceptors (Lipinski definition) is 9. The Balaban J connectivity index is 1.43. The van der Waals surface area contributed by atoms with E-state index in [0.717, 1.165) is 37.5 Å². The number of Topliss-reactive ketones (excluding diaryl/α,β-unsaturated/α-hetero) is 1. The van der Waals surface area contributed by atoms with Gasteiger partial charge < -0.3 is 36.1 Å². The van der Waals surface area contributed by atoms with Gasteiger partial charge in [0.25, 0.3) is 11.8 Å². The van der Waals surface area contributed by atoms with Gasteiger partial charge in [0, 0.05) is 49.9 Å². The Morgan fingerprint density at radius 3 is 2.44 bits per heavy atom. The van der Waals surface area contributed by atoms with Crippen molar-refractivity contribution in [2.75, 3.05) is 19.8 Å². The second-order valence-electron chi connectivity index (χ2n) is 14.5. The molecule has 6 N–H and O–H groups in total. The lowest BCUT2D eigenvalue weighted by atomic mass is 9.84. The Morgan fingerprint density at radius 2 is 1.78 bits per heavy atom. The van der Waals surface area contributed by atoms with Gasteiger partial charge in [-0.2, -0.15) is 0 Å². The third-order valence-corrected chi connectivity index (χ3v) is 10.7. The monoisotopic (exact) mass is 690 g/mol. The Labute approximate surface area is 289 Å². The fourth-order valence-electron chi connectivity index (χ4n) is 8.07. The van der Waals surface area contributed by atoms with Gasteiger partial charge in [0.05, 0.1) is 17.9 Å². The van der Waals surface area contributed by atoms with E-state index in [1.165, 1.54) is 15.8 Å². The van der Waals surface area contributed by atoms with Crippen molar-refractivity contribution in [3.63, 3.8) is 0 Å². The Kier molecular flexibility index (Phi) is 9.82. The third kappa shape index (κ3) is 6.75. The molecule has 1 aromatic carbocycles. The Bertz CT molecular complexity index is 1780. The molecule has 50 heavy (non-hydrogen) atoms. The lowest BCUT2D eigenvalue weighted by molar-refractivity contribution is -0.147. The zero-order chi connectivity index (χ0) is 35.8. The number of carbonyl (C=O) groups is 5. The average molecular weight is 691 g/mol. The van der Waals surface area contributed by atoms with E-state index in [2.05, 4.69) is 15.6 Å². The Morgan fingerprint density at radius 1 is 1.08 bits per heavy atom. The van der Waals surface area contributed by atoms with Crippen LogP contribution in [-0.4, -0.2) is 90.3 Å². The number of nitrogens with one attached hydrogen (secondary N) is 1. The van der Waals surface area contributed by atoms with Gasteiger partial charge in [-0.25, -0.2) is 4.68 Å². The van der Waals surface area contributed by atoms with Gasteiger partial charge in [0.2, 0.25) is 17.6 Å². The van der Waals surface area contributed by atoms with Crippen molar-refractivity contribution in [2.45, 2.75) is 101 Å². The molecule has 0 unspecified atom stereocenters. The SMILES string of the molecule is CC(C)(O)c1cnnn1[C@H]1C[C@@H](C(=O)NC2(C(=O)C(N)=O)CCOCC2)N(C(=O)[C@@H](CC2CCCCC2)n2c(C(N)=O)cc3ccccc32)C1. The van der Waals surface area contributed by atoms with Crippen LogP contribution in [0.1, 0.15) is 99.9 Å². The zero-order valence-electron chi connectivity index (χ0n) is 28.5. The molecule has 6 rings (SSSR count). The highest BCUT2D eigenvalue weighted by Crippen LogP contribution is 2.39. The van der Waals surface area contributed by atoms with Gasteiger partial charge in [0.1, 0.15) is 28.9 Å². The summed E-state index contributed by atoms with van der Waals surface area (Å²) in [6.45, 7) is 3.47. The predicted octanol–water partition coefficient (Wildman–Crippen LogP) is 1.63. The molecular formula is C35H46N8O7. The number of nitrogens with zero attached hydrogens (tertiary/aromatic N) is 5. The minimum absolute atomic E-state index is 0.0233. The number of fused-ring (bicyclic) bond motifs is 1. The van der Waals surface area contributed by atoms with Crippen LogP contribution in [0, 0.1) is 5.92 Å². The third-order valence-electron chi connectivity index (χ3n) is 10.7. The summed E-state index contributed by atoms with van der Waals surface area (Å²) in [5.41, 5.74) is 9.69. The highest BCUT2D eigenvalue weighted by Gasteiger charge is 2.49. The molecule has 4 heterocycles. The van der Waals surface area contributed by atoms with Crippen molar-refractivity contribution in [1.82, 2.24) is 29.8 Å². The molecule has 15 nitrogen and oxygen atoms in total. The minimum Gasteiger partial charge on any atom is -0.384 e. The summed E-state index contributed by atoms with van der Waals surface area (Å²) in [6.07, 6.45) is 7.05. The number of ether oxygens (including phenoxy) is 1. The largest absolute Gasteiger partial charge is 0.384 e. The van der Waals surface area contributed by atoms with Crippen molar-refractivity contribution in [1.29, 1.82) is 0 Å². The molecule has 3 aliphatic rings. The van der Waals surface area contributed by atoms with Crippen LogP contribution < -0.4 is 16.8 Å². The summed E-state index contributed by atoms with van der Waals surface area (Å²) in [5, 5.41) is 22.7. The van der Waals surface area contributed by atoms with Crippen LogP contribution in [0.3, 0.4) is 0 Å². The van der Waals surface area contributed by atoms with E-state index in [4.69, 9.17) is 16.2 Å². The number of nitrogens with two attached hydrogens (primary N) is 2. The topological polar surface area (TPSA) is 218 Å². The smallest absolute Gasteiger partial charge is 0.287 e. The molecule has 4 amide bonds. The first-order chi connectivity index (χ1) is 23.8. The zero-order valence-corrected chi connectivity index (χ0v) is 28.5. The van der Waals surface area contributed by atoms with E-state index >= 15 is 4.79 Å². The predicted molar refractivity (Wildman–Crippen MR) is 180 cm³/mol. The molecule has 15 heteroatoms. The first kappa shape index (κ1) is 35.2. The normalized spacial score (nSPS) is 21.9. The van der Waals surface area contributed by atoms with Crippen LogP contribution in [0.25, 0.3) is 10.9 Å². The number of ketones is 1. The standard InChI is InChI=1S/C35H46N8O7/c1-34(2,49)28-19-38-40-43(28)23-18-26(32(47)39-35(29(44)31(37)46)12-14-50-15-13-35)41(20-23)33(48)27(16-21-8-4-3-5-9-21)42-24-11-7-6-10-22(24)17-25(42)30(36)45/h6-7,10-11,17,19,21,23,26-27,49H,3-5,8-9,12-16,18,20H2,1-2H3,(H2,36,45)(H2,37,46)(H,39,47)/t23-,26-,27+/m0/s1. The molecule has 1 aliphatic carbocycles. The van der Waals surface area contributed by atoms with Crippen molar-refractivity contribution in [3.8, 4) is 0 Å². The van der Waals surface area contributed by atoms with Gasteiger partial charge in [-0.05, 0) is 38.3 Å². The number of hydrogen-bond donors (Lipinski definition) is 4.